The highest BCUT2D eigenvalue weighted by Crippen LogP contribution is 2.30. The van der Waals surface area contributed by atoms with Gasteiger partial charge in [0.05, 0.1) is 12.3 Å². The zero-order valence-electron chi connectivity index (χ0n) is 8.42. The molecule has 0 aromatic carbocycles. The molecule has 1 fully saturated rings. The molecule has 0 bridgehead atoms. The van der Waals surface area contributed by atoms with E-state index in [1.165, 1.54) is 23.4 Å². The Balaban J connectivity index is 2.17. The first-order valence-corrected chi connectivity index (χ1v) is 5.90. The minimum absolute atomic E-state index is 0.0798. The second-order valence-electron chi connectivity index (χ2n) is 3.73. The molecule has 78 valence electrons. The Morgan fingerprint density at radius 3 is 2.79 bits per heavy atom. The smallest absolute Gasteiger partial charge is 0.119 e. The fraction of sp³-hybridized carbons (Fsp3) is 0.700. The molecule has 2 heterocycles. The lowest BCUT2D eigenvalue weighted by molar-refractivity contribution is 0.280. The Bertz CT molecular complexity index is 305. The summed E-state index contributed by atoms with van der Waals surface area (Å²) in [6, 6.07) is 0. The number of aryl methyl sites for hydroxylation is 1. The number of rotatable bonds is 2. The van der Waals surface area contributed by atoms with Gasteiger partial charge in [-0.25, -0.2) is 4.98 Å². The van der Waals surface area contributed by atoms with E-state index >= 15 is 0 Å². The van der Waals surface area contributed by atoms with Crippen molar-refractivity contribution in [1.29, 1.82) is 0 Å². The molecule has 4 heteroatoms. The van der Waals surface area contributed by atoms with Gasteiger partial charge in [0.1, 0.15) is 5.01 Å². The van der Waals surface area contributed by atoms with Gasteiger partial charge in [0.15, 0.2) is 0 Å². The van der Waals surface area contributed by atoms with Crippen LogP contribution in [-0.2, 0) is 6.61 Å². The maximum absolute atomic E-state index is 9.01. The summed E-state index contributed by atoms with van der Waals surface area (Å²) in [6.07, 6.45) is 2.35. The number of aliphatic hydroxyl groups excluding tert-OH is 1. The average Bonchev–Trinajstić information content (AvgIpc) is 2.61. The number of hydrogen-bond donors (Lipinski definition) is 2. The molecule has 0 spiro atoms. The molecule has 0 radical (unpaired) electrons. The molecule has 3 nitrogen and oxygen atoms in total. The Morgan fingerprint density at radius 1 is 1.50 bits per heavy atom. The zero-order valence-corrected chi connectivity index (χ0v) is 9.23. The number of aliphatic hydroxyl groups is 1. The zero-order chi connectivity index (χ0) is 9.97. The number of piperidine rings is 1. The van der Waals surface area contributed by atoms with Gasteiger partial charge in [0, 0.05) is 10.8 Å². The van der Waals surface area contributed by atoms with E-state index in [0.29, 0.717) is 5.92 Å². The average molecular weight is 212 g/mol. The Labute approximate surface area is 88.2 Å². The predicted octanol–water partition coefficient (Wildman–Crippen LogP) is 1.41. The van der Waals surface area contributed by atoms with Crippen molar-refractivity contribution in [3.8, 4) is 0 Å². The van der Waals surface area contributed by atoms with E-state index in [2.05, 4.69) is 17.2 Å². The van der Waals surface area contributed by atoms with Crippen molar-refractivity contribution in [2.75, 3.05) is 13.1 Å². The van der Waals surface area contributed by atoms with Crippen LogP contribution in [-0.4, -0.2) is 23.2 Å². The molecule has 0 amide bonds. The molecule has 1 aromatic rings. The largest absolute Gasteiger partial charge is 0.389 e. The molecule has 1 aromatic heterocycles. The number of hydrogen-bond acceptors (Lipinski definition) is 4. The first-order chi connectivity index (χ1) is 6.81. The van der Waals surface area contributed by atoms with Crippen LogP contribution < -0.4 is 5.32 Å². The molecular formula is C10H16N2OS. The van der Waals surface area contributed by atoms with Crippen LogP contribution in [0.25, 0.3) is 0 Å². The van der Waals surface area contributed by atoms with Crippen LogP contribution in [0.5, 0.6) is 0 Å². The van der Waals surface area contributed by atoms with E-state index in [0.717, 1.165) is 18.1 Å². The van der Waals surface area contributed by atoms with Crippen LogP contribution in [0.3, 0.4) is 0 Å². The van der Waals surface area contributed by atoms with Gasteiger partial charge in [0.2, 0.25) is 0 Å². The van der Waals surface area contributed by atoms with Gasteiger partial charge in [-0.15, -0.1) is 11.3 Å². The fourth-order valence-corrected chi connectivity index (χ4v) is 2.89. The van der Waals surface area contributed by atoms with Crippen LogP contribution in [0, 0.1) is 6.92 Å². The molecule has 1 aliphatic heterocycles. The lowest BCUT2D eigenvalue weighted by atomic mass is 9.94. The van der Waals surface area contributed by atoms with Crippen molar-refractivity contribution in [3.05, 3.63) is 15.6 Å². The van der Waals surface area contributed by atoms with Crippen molar-refractivity contribution < 1.29 is 5.11 Å². The van der Waals surface area contributed by atoms with Gasteiger partial charge in [-0.05, 0) is 32.9 Å². The summed E-state index contributed by atoms with van der Waals surface area (Å²) in [6.45, 7) is 4.37. The van der Waals surface area contributed by atoms with Crippen LogP contribution in [0.15, 0.2) is 0 Å². The SMILES string of the molecule is Cc1sc(CO)nc1C1CCNCC1. The number of thiazole rings is 1. The van der Waals surface area contributed by atoms with Crippen LogP contribution in [0.1, 0.15) is 34.3 Å². The molecule has 14 heavy (non-hydrogen) atoms. The second-order valence-corrected chi connectivity index (χ2v) is 5.02. The first kappa shape index (κ1) is 10.1. The van der Waals surface area contributed by atoms with Gasteiger partial charge in [-0.3, -0.25) is 0 Å². The quantitative estimate of drug-likeness (QED) is 0.779. The highest BCUT2D eigenvalue weighted by atomic mass is 32.1. The summed E-state index contributed by atoms with van der Waals surface area (Å²) in [5.41, 5.74) is 1.22. The maximum atomic E-state index is 9.01. The highest BCUT2D eigenvalue weighted by Gasteiger charge is 2.20. The fourth-order valence-electron chi connectivity index (χ4n) is 2.01. The highest BCUT2D eigenvalue weighted by molar-refractivity contribution is 7.11. The summed E-state index contributed by atoms with van der Waals surface area (Å²) in [4.78, 5) is 5.77. The molecular weight excluding hydrogens is 196 g/mol. The molecule has 0 aliphatic carbocycles. The molecule has 0 saturated carbocycles. The Morgan fingerprint density at radius 2 is 2.21 bits per heavy atom. The molecule has 2 N–H and O–H groups in total. The third-order valence-electron chi connectivity index (χ3n) is 2.74. The molecule has 0 unspecified atom stereocenters. The van der Waals surface area contributed by atoms with Gasteiger partial charge in [0.25, 0.3) is 0 Å². The van der Waals surface area contributed by atoms with Crippen LogP contribution in [0.4, 0.5) is 0 Å². The Kier molecular flexibility index (Phi) is 3.15. The third-order valence-corrected chi connectivity index (χ3v) is 3.71. The van der Waals surface area contributed by atoms with E-state index in [1.807, 2.05) is 0 Å². The summed E-state index contributed by atoms with van der Waals surface area (Å²) >= 11 is 1.63. The van der Waals surface area contributed by atoms with Gasteiger partial charge < -0.3 is 10.4 Å². The number of aromatic nitrogens is 1. The minimum atomic E-state index is 0.0798. The lowest BCUT2D eigenvalue weighted by Gasteiger charge is -2.21. The van der Waals surface area contributed by atoms with Crippen LogP contribution >= 0.6 is 11.3 Å². The normalized spacial score (nSPS) is 18.7. The first-order valence-electron chi connectivity index (χ1n) is 5.09. The van der Waals surface area contributed by atoms with Crippen molar-refractivity contribution >= 4 is 11.3 Å². The molecule has 1 aliphatic rings. The standard InChI is InChI=1S/C10H16N2OS/c1-7-10(12-9(6-13)14-7)8-2-4-11-5-3-8/h8,11,13H,2-6H2,1H3. The minimum Gasteiger partial charge on any atom is -0.389 e. The Hall–Kier alpha value is -0.450. The van der Waals surface area contributed by atoms with Gasteiger partial charge >= 0.3 is 0 Å². The van der Waals surface area contributed by atoms with Crippen molar-refractivity contribution in [2.45, 2.75) is 32.3 Å². The second kappa shape index (κ2) is 4.38. The summed E-state index contributed by atoms with van der Waals surface area (Å²) in [5.74, 6) is 0.604. The van der Waals surface area contributed by atoms with Crippen molar-refractivity contribution in [2.24, 2.45) is 0 Å². The van der Waals surface area contributed by atoms with E-state index in [1.54, 1.807) is 11.3 Å². The van der Waals surface area contributed by atoms with E-state index in [-0.39, 0.29) is 6.61 Å². The lowest BCUT2D eigenvalue weighted by Crippen LogP contribution is -2.27. The van der Waals surface area contributed by atoms with Gasteiger partial charge in [-0.1, -0.05) is 0 Å². The third kappa shape index (κ3) is 1.97. The summed E-state index contributed by atoms with van der Waals surface area (Å²) in [5, 5.41) is 13.2. The molecule has 1 saturated heterocycles. The monoisotopic (exact) mass is 212 g/mol. The molecule has 0 atom stereocenters. The number of nitrogens with zero attached hydrogens (tertiary/aromatic N) is 1. The van der Waals surface area contributed by atoms with Gasteiger partial charge in [-0.2, -0.15) is 0 Å². The van der Waals surface area contributed by atoms with E-state index in [4.69, 9.17) is 5.11 Å². The van der Waals surface area contributed by atoms with E-state index < -0.39 is 0 Å². The van der Waals surface area contributed by atoms with Crippen LogP contribution in [0.2, 0.25) is 0 Å². The van der Waals surface area contributed by atoms with Crippen molar-refractivity contribution in [3.63, 3.8) is 0 Å². The molecule has 2 rings (SSSR count). The van der Waals surface area contributed by atoms with E-state index in [9.17, 15) is 0 Å². The van der Waals surface area contributed by atoms with Crippen molar-refractivity contribution in [1.82, 2.24) is 10.3 Å². The number of nitrogens with one attached hydrogen (secondary N) is 1. The topological polar surface area (TPSA) is 45.2 Å². The summed E-state index contributed by atoms with van der Waals surface area (Å²) < 4.78 is 0. The predicted molar refractivity (Wildman–Crippen MR) is 57.6 cm³/mol. The maximum Gasteiger partial charge on any atom is 0.119 e. The summed E-state index contributed by atoms with van der Waals surface area (Å²) in [7, 11) is 0.